The van der Waals surface area contributed by atoms with Crippen LogP contribution in [0.1, 0.15) is 38.1 Å². The fraction of sp³-hybridized carbons (Fsp3) is 0.500. The molecule has 1 rings (SSSR count). The van der Waals surface area contributed by atoms with Gasteiger partial charge in [-0.25, -0.2) is 9.59 Å². The number of hydrogen-bond donors (Lipinski definition) is 0. The summed E-state index contributed by atoms with van der Waals surface area (Å²) in [5.74, 6) is -0.403. The third kappa shape index (κ3) is 5.85. The van der Waals surface area contributed by atoms with E-state index in [0.29, 0.717) is 5.56 Å². The third-order valence-corrected chi connectivity index (χ3v) is 2.81. The van der Waals surface area contributed by atoms with Gasteiger partial charge in [0.1, 0.15) is 12.2 Å². The molecule has 0 bridgehead atoms. The van der Waals surface area contributed by atoms with E-state index in [4.69, 9.17) is 9.47 Å². The minimum absolute atomic E-state index is 0.115. The number of nitrogens with zero attached hydrogens (tertiary/aromatic N) is 1. The zero-order valence-corrected chi connectivity index (χ0v) is 13.3. The number of amides is 1. The highest BCUT2D eigenvalue weighted by atomic mass is 16.6. The number of carbonyl (C=O) groups excluding carboxylic acids is 2. The molecule has 5 heteroatoms. The molecule has 0 aliphatic rings. The van der Waals surface area contributed by atoms with Gasteiger partial charge in [0.2, 0.25) is 0 Å². The zero-order valence-electron chi connectivity index (χ0n) is 13.3. The third-order valence-electron chi connectivity index (χ3n) is 2.81. The Morgan fingerprint density at radius 3 is 2.29 bits per heavy atom. The van der Waals surface area contributed by atoms with Crippen molar-refractivity contribution in [3.8, 4) is 0 Å². The minimum atomic E-state index is -0.550. The number of hydrogen-bond acceptors (Lipinski definition) is 4. The Hall–Kier alpha value is -2.04. The lowest BCUT2D eigenvalue weighted by molar-refractivity contribution is 0.0110. The summed E-state index contributed by atoms with van der Waals surface area (Å²) in [5, 5.41) is 0. The summed E-state index contributed by atoms with van der Waals surface area (Å²) in [6.07, 6.45) is -0.439. The van der Waals surface area contributed by atoms with Crippen molar-refractivity contribution in [3.63, 3.8) is 0 Å². The first-order chi connectivity index (χ1) is 9.70. The standard InChI is InChI=1S/C16H23NO4/c1-12(17(5)15(19)21-16(2,3)4)11-20-14(18)13-9-7-6-8-10-13/h6-10,12H,11H2,1-5H3/t12-/m0/s1. The maximum Gasteiger partial charge on any atom is 0.410 e. The van der Waals surface area contributed by atoms with Crippen LogP contribution in [-0.2, 0) is 9.47 Å². The zero-order chi connectivity index (χ0) is 16.0. The molecule has 0 aliphatic heterocycles. The van der Waals surface area contributed by atoms with Gasteiger partial charge in [-0.2, -0.15) is 0 Å². The van der Waals surface area contributed by atoms with Gasteiger partial charge in [-0.05, 0) is 39.8 Å². The highest BCUT2D eigenvalue weighted by Gasteiger charge is 2.23. The molecule has 1 aromatic rings. The summed E-state index contributed by atoms with van der Waals surface area (Å²) in [6, 6.07) is 8.47. The van der Waals surface area contributed by atoms with Crippen LogP contribution in [0, 0.1) is 0 Å². The molecule has 5 nitrogen and oxygen atoms in total. The molecule has 0 saturated carbocycles. The summed E-state index contributed by atoms with van der Waals surface area (Å²) < 4.78 is 10.5. The maximum absolute atomic E-state index is 11.9. The topological polar surface area (TPSA) is 55.8 Å². The van der Waals surface area contributed by atoms with Crippen LogP contribution < -0.4 is 0 Å². The molecule has 1 amide bonds. The lowest BCUT2D eigenvalue weighted by atomic mass is 10.2. The Balaban J connectivity index is 2.48. The molecule has 0 aromatic heterocycles. The van der Waals surface area contributed by atoms with Crippen molar-refractivity contribution >= 4 is 12.1 Å². The van der Waals surface area contributed by atoms with Crippen LogP contribution in [0.15, 0.2) is 30.3 Å². The average molecular weight is 293 g/mol. The van der Waals surface area contributed by atoms with Gasteiger partial charge < -0.3 is 14.4 Å². The van der Waals surface area contributed by atoms with Gasteiger partial charge in [-0.15, -0.1) is 0 Å². The van der Waals surface area contributed by atoms with Crippen molar-refractivity contribution in [1.29, 1.82) is 0 Å². The first-order valence-corrected chi connectivity index (χ1v) is 6.88. The average Bonchev–Trinajstić information content (AvgIpc) is 2.42. The van der Waals surface area contributed by atoms with Crippen molar-refractivity contribution in [2.75, 3.05) is 13.7 Å². The highest BCUT2D eigenvalue weighted by Crippen LogP contribution is 2.11. The van der Waals surface area contributed by atoms with Gasteiger partial charge >= 0.3 is 12.1 Å². The molecule has 0 radical (unpaired) electrons. The number of likely N-dealkylation sites (N-methyl/N-ethyl adjacent to an activating group) is 1. The van der Waals surface area contributed by atoms with E-state index in [1.165, 1.54) is 4.90 Å². The van der Waals surface area contributed by atoms with Gasteiger partial charge in [0, 0.05) is 7.05 Å². The molecule has 0 unspecified atom stereocenters. The molecule has 1 aromatic carbocycles. The van der Waals surface area contributed by atoms with E-state index < -0.39 is 17.7 Å². The number of esters is 1. The largest absolute Gasteiger partial charge is 0.460 e. The van der Waals surface area contributed by atoms with E-state index in [1.54, 1.807) is 59.0 Å². The van der Waals surface area contributed by atoms with E-state index in [0.717, 1.165) is 0 Å². The monoisotopic (exact) mass is 293 g/mol. The van der Waals surface area contributed by atoms with E-state index >= 15 is 0 Å². The Labute approximate surface area is 125 Å². The maximum atomic E-state index is 11.9. The smallest absolute Gasteiger partial charge is 0.410 e. The first-order valence-electron chi connectivity index (χ1n) is 6.88. The molecule has 0 aliphatic carbocycles. The molecular weight excluding hydrogens is 270 g/mol. The van der Waals surface area contributed by atoms with Crippen LogP contribution >= 0.6 is 0 Å². The SMILES string of the molecule is C[C@@H](COC(=O)c1ccccc1)N(C)C(=O)OC(C)(C)C. The minimum Gasteiger partial charge on any atom is -0.460 e. The Kier molecular flexibility index (Phi) is 5.76. The van der Waals surface area contributed by atoms with Crippen LogP contribution in [0.2, 0.25) is 0 Å². The van der Waals surface area contributed by atoms with Crippen LogP contribution in [0.4, 0.5) is 4.79 Å². The number of ether oxygens (including phenoxy) is 2. The summed E-state index contributed by atoms with van der Waals surface area (Å²) in [6.45, 7) is 7.32. The second-order valence-electron chi connectivity index (χ2n) is 5.90. The van der Waals surface area contributed by atoms with E-state index in [9.17, 15) is 9.59 Å². The van der Waals surface area contributed by atoms with Gasteiger partial charge in [-0.1, -0.05) is 18.2 Å². The van der Waals surface area contributed by atoms with Crippen molar-refractivity contribution in [2.24, 2.45) is 0 Å². The summed E-state index contributed by atoms with van der Waals surface area (Å²) >= 11 is 0. The number of benzene rings is 1. The van der Waals surface area contributed by atoms with Gasteiger partial charge in [0.25, 0.3) is 0 Å². The lowest BCUT2D eigenvalue weighted by Gasteiger charge is -2.28. The fourth-order valence-corrected chi connectivity index (χ4v) is 1.48. The predicted octanol–water partition coefficient (Wildman–Crippen LogP) is 3.10. The molecule has 1 atom stereocenters. The molecule has 116 valence electrons. The molecule has 0 N–H and O–H groups in total. The van der Waals surface area contributed by atoms with Crippen LogP contribution in [0.5, 0.6) is 0 Å². The molecular formula is C16H23NO4. The quantitative estimate of drug-likeness (QED) is 0.800. The van der Waals surface area contributed by atoms with E-state index in [2.05, 4.69) is 0 Å². The molecule has 0 saturated heterocycles. The second-order valence-corrected chi connectivity index (χ2v) is 5.90. The fourth-order valence-electron chi connectivity index (χ4n) is 1.48. The van der Waals surface area contributed by atoms with Crippen molar-refractivity contribution < 1.29 is 19.1 Å². The normalized spacial score (nSPS) is 12.4. The first kappa shape index (κ1) is 17.0. The second kappa shape index (κ2) is 7.11. The predicted molar refractivity (Wildman–Crippen MR) is 80.2 cm³/mol. The van der Waals surface area contributed by atoms with E-state index in [-0.39, 0.29) is 12.6 Å². The summed E-state index contributed by atoms with van der Waals surface area (Å²) in [5.41, 5.74) is -0.0594. The number of carbonyl (C=O) groups is 2. The van der Waals surface area contributed by atoms with Crippen LogP contribution in [0.25, 0.3) is 0 Å². The van der Waals surface area contributed by atoms with Crippen molar-refractivity contribution in [3.05, 3.63) is 35.9 Å². The van der Waals surface area contributed by atoms with Gasteiger partial charge in [0.05, 0.1) is 11.6 Å². The highest BCUT2D eigenvalue weighted by molar-refractivity contribution is 5.89. The lowest BCUT2D eigenvalue weighted by Crippen LogP contribution is -2.41. The van der Waals surface area contributed by atoms with Crippen molar-refractivity contribution in [1.82, 2.24) is 4.90 Å². The Morgan fingerprint density at radius 1 is 1.19 bits per heavy atom. The Morgan fingerprint density at radius 2 is 1.76 bits per heavy atom. The molecule has 0 heterocycles. The molecule has 21 heavy (non-hydrogen) atoms. The van der Waals surface area contributed by atoms with Crippen LogP contribution in [0.3, 0.4) is 0 Å². The number of rotatable bonds is 4. The van der Waals surface area contributed by atoms with Crippen molar-refractivity contribution in [2.45, 2.75) is 39.3 Å². The summed E-state index contributed by atoms with van der Waals surface area (Å²) in [4.78, 5) is 25.1. The molecule has 0 fully saturated rings. The van der Waals surface area contributed by atoms with Gasteiger partial charge in [0.15, 0.2) is 0 Å². The van der Waals surface area contributed by atoms with Gasteiger partial charge in [-0.3, -0.25) is 0 Å². The summed E-state index contributed by atoms with van der Waals surface area (Å²) in [7, 11) is 1.62. The Bertz CT molecular complexity index is 479. The van der Waals surface area contributed by atoms with Crippen LogP contribution in [-0.4, -0.2) is 42.3 Å². The van der Waals surface area contributed by atoms with E-state index in [1.807, 2.05) is 6.07 Å². The molecule has 0 spiro atoms.